The predicted octanol–water partition coefficient (Wildman–Crippen LogP) is 12.0. The Kier molecular flexibility index (Phi) is 11.7. The van der Waals surface area contributed by atoms with Crippen molar-refractivity contribution < 1.29 is 14.6 Å². The summed E-state index contributed by atoms with van der Waals surface area (Å²) >= 11 is 0. The van der Waals surface area contributed by atoms with Gasteiger partial charge >= 0.3 is 0 Å². The fourth-order valence-electron chi connectivity index (χ4n) is 6.34. The average Bonchev–Trinajstić information content (AvgIpc) is 2.92. The second kappa shape index (κ2) is 14.4. The van der Waals surface area contributed by atoms with Crippen LogP contribution < -0.4 is 9.47 Å². The molecule has 3 rings (SSSR count). The van der Waals surface area contributed by atoms with E-state index in [-0.39, 0.29) is 0 Å². The normalized spacial score (nSPS) is 13.0. The van der Waals surface area contributed by atoms with Gasteiger partial charge in [-0.1, -0.05) is 65.0 Å². The molecule has 0 aliphatic carbocycles. The minimum absolute atomic E-state index is 0.348. The summed E-state index contributed by atoms with van der Waals surface area (Å²) in [4.78, 5) is 0. The fourth-order valence-corrected chi connectivity index (χ4v) is 6.34. The standard InChI is InChI=1S/C41H60O3/c1-26(2)18-16-14-15-17-19-27(3)34-20-30(6)38(31(7)21-34)43-41(12,13)36-24-32(8)39(33(9)25-36)44-40(10,11)35-22-28(4)37(42)29(5)23-35/h20-27,42H,14-19H2,1-13H3. The third kappa shape index (κ3) is 8.83. The van der Waals surface area contributed by atoms with E-state index < -0.39 is 11.2 Å². The molecule has 1 unspecified atom stereocenters. The van der Waals surface area contributed by atoms with Crippen LogP contribution in [0.25, 0.3) is 0 Å². The summed E-state index contributed by atoms with van der Waals surface area (Å²) in [5.74, 6) is 3.59. The van der Waals surface area contributed by atoms with E-state index in [1.807, 2.05) is 26.0 Å². The highest BCUT2D eigenvalue weighted by molar-refractivity contribution is 5.49. The summed E-state index contributed by atoms with van der Waals surface area (Å²) in [6.45, 7) is 27.9. The summed E-state index contributed by atoms with van der Waals surface area (Å²) < 4.78 is 13.5. The summed E-state index contributed by atoms with van der Waals surface area (Å²) in [6, 6.07) is 13.1. The first-order valence-corrected chi connectivity index (χ1v) is 16.8. The van der Waals surface area contributed by atoms with Crippen molar-refractivity contribution in [3.05, 3.63) is 86.5 Å². The molecule has 0 spiro atoms. The molecule has 0 fully saturated rings. The van der Waals surface area contributed by atoms with Gasteiger partial charge in [0.05, 0.1) is 0 Å². The Morgan fingerprint density at radius 3 is 1.32 bits per heavy atom. The summed E-state index contributed by atoms with van der Waals surface area (Å²) in [6.07, 6.45) is 7.93. The third-order valence-electron chi connectivity index (χ3n) is 9.28. The first kappa shape index (κ1) is 35.5. The Labute approximate surface area is 269 Å². The van der Waals surface area contributed by atoms with Crippen LogP contribution in [0.15, 0.2) is 36.4 Å². The minimum Gasteiger partial charge on any atom is -0.507 e. The summed E-state index contributed by atoms with van der Waals surface area (Å²) in [5, 5.41) is 10.3. The molecule has 0 amide bonds. The molecule has 242 valence electrons. The van der Waals surface area contributed by atoms with E-state index in [9.17, 15) is 5.11 Å². The zero-order valence-electron chi connectivity index (χ0n) is 30.1. The molecule has 0 saturated carbocycles. The molecule has 0 radical (unpaired) electrons. The number of benzene rings is 3. The SMILES string of the molecule is Cc1cc(C(C)(C)Oc2c(C)cc(C(C)(C)Oc3c(C)cc(C(C)CCCCCCC(C)C)cc3C)cc2C)cc(C)c1O. The molecule has 0 aliphatic rings. The van der Waals surface area contributed by atoms with Gasteiger partial charge in [-0.3, -0.25) is 0 Å². The van der Waals surface area contributed by atoms with E-state index in [1.165, 1.54) is 55.2 Å². The maximum absolute atomic E-state index is 10.3. The molecule has 3 aromatic carbocycles. The fraction of sp³-hybridized carbons (Fsp3) is 0.561. The van der Waals surface area contributed by atoms with Crippen molar-refractivity contribution in [2.24, 2.45) is 5.92 Å². The zero-order valence-corrected chi connectivity index (χ0v) is 30.1. The number of aromatic hydroxyl groups is 1. The largest absolute Gasteiger partial charge is 0.507 e. The number of hydrogen-bond acceptors (Lipinski definition) is 3. The number of unbranched alkanes of at least 4 members (excludes halogenated alkanes) is 3. The van der Waals surface area contributed by atoms with Gasteiger partial charge in [0.2, 0.25) is 0 Å². The Morgan fingerprint density at radius 2 is 0.909 bits per heavy atom. The molecule has 44 heavy (non-hydrogen) atoms. The van der Waals surface area contributed by atoms with Crippen molar-refractivity contribution in [2.45, 2.75) is 146 Å². The number of phenols is 1. The molecule has 1 N–H and O–H groups in total. The molecular weight excluding hydrogens is 540 g/mol. The topological polar surface area (TPSA) is 38.7 Å². The van der Waals surface area contributed by atoms with Gasteiger partial charge in [0, 0.05) is 0 Å². The van der Waals surface area contributed by atoms with Gasteiger partial charge < -0.3 is 14.6 Å². The van der Waals surface area contributed by atoms with Crippen molar-refractivity contribution in [1.29, 1.82) is 0 Å². The number of ether oxygens (including phenoxy) is 2. The summed E-state index contributed by atoms with van der Waals surface area (Å²) in [5.41, 5.74) is 8.79. The van der Waals surface area contributed by atoms with Crippen molar-refractivity contribution >= 4 is 0 Å². The van der Waals surface area contributed by atoms with Gasteiger partial charge in [-0.25, -0.2) is 0 Å². The second-order valence-corrected chi connectivity index (χ2v) is 14.9. The Hall–Kier alpha value is -2.94. The quantitative estimate of drug-likeness (QED) is 0.187. The number of rotatable bonds is 14. The van der Waals surface area contributed by atoms with E-state index in [2.05, 4.69) is 100 Å². The van der Waals surface area contributed by atoms with Crippen molar-refractivity contribution in [3.63, 3.8) is 0 Å². The number of aryl methyl sites for hydroxylation is 6. The van der Waals surface area contributed by atoms with Crippen LogP contribution in [0.3, 0.4) is 0 Å². The third-order valence-corrected chi connectivity index (χ3v) is 9.28. The lowest BCUT2D eigenvalue weighted by atomic mass is 9.90. The zero-order chi connectivity index (χ0) is 33.0. The van der Waals surface area contributed by atoms with Gasteiger partial charge in [-0.2, -0.15) is 0 Å². The average molecular weight is 601 g/mol. The Bertz CT molecular complexity index is 1360. The monoisotopic (exact) mass is 600 g/mol. The molecule has 3 nitrogen and oxygen atoms in total. The second-order valence-electron chi connectivity index (χ2n) is 14.9. The van der Waals surface area contributed by atoms with Gasteiger partial charge in [-0.05, 0) is 162 Å². The summed E-state index contributed by atoms with van der Waals surface area (Å²) in [7, 11) is 0. The van der Waals surface area contributed by atoms with Crippen LogP contribution in [0.5, 0.6) is 17.2 Å². The molecule has 0 aliphatic heterocycles. The highest BCUT2D eigenvalue weighted by Crippen LogP contribution is 2.40. The van der Waals surface area contributed by atoms with E-state index in [4.69, 9.17) is 9.47 Å². The lowest BCUT2D eigenvalue weighted by Crippen LogP contribution is -2.28. The van der Waals surface area contributed by atoms with Crippen molar-refractivity contribution in [1.82, 2.24) is 0 Å². The maximum Gasteiger partial charge on any atom is 0.128 e. The molecule has 0 bridgehead atoms. The van der Waals surface area contributed by atoms with Crippen LogP contribution in [-0.2, 0) is 11.2 Å². The van der Waals surface area contributed by atoms with Crippen molar-refractivity contribution in [3.8, 4) is 17.2 Å². The van der Waals surface area contributed by atoms with Crippen LogP contribution in [0.1, 0.15) is 143 Å². The molecule has 0 saturated heterocycles. The molecule has 0 heterocycles. The highest BCUT2D eigenvalue weighted by atomic mass is 16.5. The van der Waals surface area contributed by atoms with E-state index in [1.54, 1.807) is 0 Å². The first-order valence-electron chi connectivity index (χ1n) is 16.8. The van der Waals surface area contributed by atoms with Crippen LogP contribution in [0, 0.1) is 47.5 Å². The lowest BCUT2D eigenvalue weighted by Gasteiger charge is -2.32. The van der Waals surface area contributed by atoms with Gasteiger partial charge in [-0.15, -0.1) is 0 Å². The van der Waals surface area contributed by atoms with E-state index in [0.717, 1.165) is 50.8 Å². The molecule has 3 aromatic rings. The first-order chi connectivity index (χ1) is 20.4. The molecule has 3 heteroatoms. The lowest BCUT2D eigenvalue weighted by molar-refractivity contribution is 0.102. The molecular formula is C41H60O3. The molecule has 1 atom stereocenters. The van der Waals surface area contributed by atoms with Gasteiger partial charge in [0.25, 0.3) is 0 Å². The minimum atomic E-state index is -0.562. The Balaban J connectivity index is 1.75. The van der Waals surface area contributed by atoms with E-state index >= 15 is 0 Å². The predicted molar refractivity (Wildman–Crippen MR) is 188 cm³/mol. The van der Waals surface area contributed by atoms with Crippen LogP contribution in [0.2, 0.25) is 0 Å². The van der Waals surface area contributed by atoms with Crippen LogP contribution in [-0.4, -0.2) is 5.11 Å². The van der Waals surface area contributed by atoms with Gasteiger partial charge in [0.15, 0.2) is 0 Å². The van der Waals surface area contributed by atoms with E-state index in [0.29, 0.717) is 11.7 Å². The number of phenolic OH excluding ortho intramolecular Hbond substituents is 1. The smallest absolute Gasteiger partial charge is 0.128 e. The van der Waals surface area contributed by atoms with Gasteiger partial charge in [0.1, 0.15) is 28.5 Å². The highest BCUT2D eigenvalue weighted by Gasteiger charge is 2.29. The van der Waals surface area contributed by atoms with Crippen LogP contribution in [0.4, 0.5) is 0 Å². The maximum atomic E-state index is 10.3. The Morgan fingerprint density at radius 1 is 0.545 bits per heavy atom. The van der Waals surface area contributed by atoms with Crippen LogP contribution >= 0.6 is 0 Å². The molecule has 0 aromatic heterocycles. The van der Waals surface area contributed by atoms with Crippen molar-refractivity contribution in [2.75, 3.05) is 0 Å². The number of hydrogen-bond donors (Lipinski definition) is 1.